The molecule has 0 amide bonds. The zero-order valence-electron chi connectivity index (χ0n) is 12.4. The maximum absolute atomic E-state index is 11.7. The van der Waals surface area contributed by atoms with Crippen molar-refractivity contribution in [3.8, 4) is 0 Å². The first kappa shape index (κ1) is 15.5. The van der Waals surface area contributed by atoms with Crippen LogP contribution in [0.15, 0.2) is 22.8 Å². The number of hydrogen-bond acceptors (Lipinski definition) is 5. The molecule has 1 aromatic carbocycles. The third-order valence-corrected chi connectivity index (χ3v) is 4.45. The normalized spacial score (nSPS) is 16.1. The van der Waals surface area contributed by atoms with Gasteiger partial charge in [-0.1, -0.05) is 0 Å². The van der Waals surface area contributed by atoms with Gasteiger partial charge in [0.2, 0.25) is 0 Å². The molecular formula is C15H18BrN3O3. The van der Waals surface area contributed by atoms with E-state index in [0.717, 1.165) is 54.9 Å². The Kier molecular flexibility index (Phi) is 4.75. The summed E-state index contributed by atoms with van der Waals surface area (Å²) in [4.78, 5) is 14.1. The van der Waals surface area contributed by atoms with Gasteiger partial charge in [-0.05, 0) is 34.1 Å². The van der Waals surface area contributed by atoms with E-state index < -0.39 is 0 Å². The van der Waals surface area contributed by atoms with E-state index in [1.807, 2.05) is 16.8 Å². The lowest BCUT2D eigenvalue weighted by atomic mass is 10.1. The molecule has 2 aromatic rings. The highest BCUT2D eigenvalue weighted by molar-refractivity contribution is 9.10. The van der Waals surface area contributed by atoms with Crippen LogP contribution < -0.4 is 0 Å². The van der Waals surface area contributed by atoms with E-state index in [1.54, 1.807) is 6.07 Å². The Balaban J connectivity index is 1.83. The molecule has 0 saturated carbocycles. The molecule has 0 radical (unpaired) electrons. The van der Waals surface area contributed by atoms with Crippen LogP contribution >= 0.6 is 15.9 Å². The average molecular weight is 368 g/mol. The van der Waals surface area contributed by atoms with Crippen LogP contribution in [0.4, 0.5) is 0 Å². The second kappa shape index (κ2) is 6.76. The van der Waals surface area contributed by atoms with E-state index in [2.05, 4.69) is 25.9 Å². The Morgan fingerprint density at radius 2 is 2.14 bits per heavy atom. The van der Waals surface area contributed by atoms with Crippen molar-refractivity contribution >= 4 is 32.8 Å². The first-order valence-electron chi connectivity index (χ1n) is 7.23. The summed E-state index contributed by atoms with van der Waals surface area (Å²) in [7, 11) is 1.39. The van der Waals surface area contributed by atoms with Crippen LogP contribution in [-0.4, -0.2) is 60.6 Å². The highest BCUT2D eigenvalue weighted by Crippen LogP contribution is 2.24. The summed E-state index contributed by atoms with van der Waals surface area (Å²) in [6.45, 7) is 5.16. The largest absolute Gasteiger partial charge is 0.465 e. The molecule has 22 heavy (non-hydrogen) atoms. The van der Waals surface area contributed by atoms with Crippen molar-refractivity contribution in [1.82, 2.24) is 14.7 Å². The molecule has 2 heterocycles. The van der Waals surface area contributed by atoms with Crippen molar-refractivity contribution < 1.29 is 14.3 Å². The van der Waals surface area contributed by atoms with E-state index >= 15 is 0 Å². The topological polar surface area (TPSA) is 56.6 Å². The first-order chi connectivity index (χ1) is 10.7. The molecule has 118 valence electrons. The molecular weight excluding hydrogens is 350 g/mol. The van der Waals surface area contributed by atoms with Crippen molar-refractivity contribution in [3.05, 3.63) is 28.4 Å². The molecule has 1 aliphatic heterocycles. The van der Waals surface area contributed by atoms with Crippen LogP contribution in [0.1, 0.15) is 10.4 Å². The quantitative estimate of drug-likeness (QED) is 0.772. The number of ether oxygens (including phenoxy) is 2. The Labute approximate surface area is 137 Å². The van der Waals surface area contributed by atoms with Gasteiger partial charge < -0.3 is 9.47 Å². The number of nitrogens with zero attached hydrogens (tertiary/aromatic N) is 3. The fourth-order valence-corrected chi connectivity index (χ4v) is 3.14. The lowest BCUT2D eigenvalue weighted by Crippen LogP contribution is -2.38. The Bertz CT molecular complexity index is 680. The minimum absolute atomic E-state index is 0.334. The molecule has 6 nitrogen and oxygen atoms in total. The van der Waals surface area contributed by atoms with Crippen LogP contribution in [0, 0.1) is 0 Å². The van der Waals surface area contributed by atoms with Crippen LogP contribution in [0.5, 0.6) is 0 Å². The Morgan fingerprint density at radius 3 is 2.86 bits per heavy atom. The van der Waals surface area contributed by atoms with Gasteiger partial charge in [0.05, 0.1) is 37.9 Å². The number of morpholine rings is 1. The summed E-state index contributed by atoms with van der Waals surface area (Å²) in [5.41, 5.74) is 1.47. The lowest BCUT2D eigenvalue weighted by Gasteiger charge is -2.26. The SMILES string of the molecule is COC(=O)c1ccc2c(Br)nn(CCN3CCOCC3)c2c1. The highest BCUT2D eigenvalue weighted by Gasteiger charge is 2.15. The van der Waals surface area contributed by atoms with Gasteiger partial charge in [-0.2, -0.15) is 5.10 Å². The minimum Gasteiger partial charge on any atom is -0.465 e. The molecule has 1 aromatic heterocycles. The monoisotopic (exact) mass is 367 g/mol. The van der Waals surface area contributed by atoms with Gasteiger partial charge in [0.1, 0.15) is 4.60 Å². The molecule has 0 atom stereocenters. The predicted octanol–water partition coefficient (Wildman–Crippen LogP) is 1.92. The maximum Gasteiger partial charge on any atom is 0.337 e. The molecule has 0 aliphatic carbocycles. The third kappa shape index (κ3) is 3.16. The zero-order valence-corrected chi connectivity index (χ0v) is 14.0. The van der Waals surface area contributed by atoms with Gasteiger partial charge in [0.15, 0.2) is 0 Å². The molecule has 7 heteroatoms. The fraction of sp³-hybridized carbons (Fsp3) is 0.467. The molecule has 1 aliphatic rings. The highest BCUT2D eigenvalue weighted by atomic mass is 79.9. The Morgan fingerprint density at radius 1 is 1.36 bits per heavy atom. The van der Waals surface area contributed by atoms with E-state index in [0.29, 0.717) is 5.56 Å². The number of halogens is 1. The first-order valence-corrected chi connectivity index (χ1v) is 8.03. The molecule has 0 N–H and O–H groups in total. The number of carbonyl (C=O) groups excluding carboxylic acids is 1. The second-order valence-corrected chi connectivity index (χ2v) is 5.94. The van der Waals surface area contributed by atoms with Crippen LogP contribution in [0.3, 0.4) is 0 Å². The summed E-state index contributed by atoms with van der Waals surface area (Å²) in [5, 5.41) is 5.52. The van der Waals surface area contributed by atoms with Gasteiger partial charge in [-0.25, -0.2) is 4.79 Å². The third-order valence-electron chi connectivity index (χ3n) is 3.86. The van der Waals surface area contributed by atoms with E-state index in [4.69, 9.17) is 9.47 Å². The van der Waals surface area contributed by atoms with Gasteiger partial charge in [0, 0.05) is 25.0 Å². The van der Waals surface area contributed by atoms with Gasteiger partial charge >= 0.3 is 5.97 Å². The standard InChI is InChI=1S/C15H18BrN3O3/c1-21-15(20)11-2-3-12-13(10-11)19(17-14(12)16)5-4-18-6-8-22-9-7-18/h2-3,10H,4-9H2,1H3. The van der Waals surface area contributed by atoms with Crippen LogP contribution in [-0.2, 0) is 16.0 Å². The van der Waals surface area contributed by atoms with Crippen LogP contribution in [0.2, 0.25) is 0 Å². The van der Waals surface area contributed by atoms with Crippen molar-refractivity contribution in [2.75, 3.05) is 40.0 Å². The van der Waals surface area contributed by atoms with Gasteiger partial charge in [0.25, 0.3) is 0 Å². The number of aromatic nitrogens is 2. The number of methoxy groups -OCH3 is 1. The van der Waals surface area contributed by atoms with Crippen molar-refractivity contribution in [2.45, 2.75) is 6.54 Å². The number of carbonyl (C=O) groups is 1. The number of esters is 1. The summed E-state index contributed by atoms with van der Waals surface area (Å²) in [6, 6.07) is 5.48. The molecule has 0 unspecified atom stereocenters. The molecule has 1 fully saturated rings. The number of hydrogen-bond donors (Lipinski definition) is 0. The number of rotatable bonds is 4. The van der Waals surface area contributed by atoms with Gasteiger partial charge in [-0.3, -0.25) is 9.58 Å². The minimum atomic E-state index is -0.334. The Hall–Kier alpha value is -1.44. The maximum atomic E-state index is 11.7. The smallest absolute Gasteiger partial charge is 0.337 e. The van der Waals surface area contributed by atoms with Gasteiger partial charge in [-0.15, -0.1) is 0 Å². The fourth-order valence-electron chi connectivity index (χ4n) is 2.61. The summed E-state index contributed by atoms with van der Waals surface area (Å²) >= 11 is 3.48. The van der Waals surface area contributed by atoms with E-state index in [9.17, 15) is 4.79 Å². The summed E-state index contributed by atoms with van der Waals surface area (Å²) in [5.74, 6) is -0.334. The van der Waals surface area contributed by atoms with Crippen molar-refractivity contribution in [3.63, 3.8) is 0 Å². The van der Waals surface area contributed by atoms with Crippen LogP contribution in [0.25, 0.3) is 10.9 Å². The number of fused-ring (bicyclic) bond motifs is 1. The zero-order chi connectivity index (χ0) is 15.5. The molecule has 0 bridgehead atoms. The van der Waals surface area contributed by atoms with Crippen molar-refractivity contribution in [1.29, 1.82) is 0 Å². The van der Waals surface area contributed by atoms with E-state index in [1.165, 1.54) is 7.11 Å². The molecule has 1 saturated heterocycles. The number of benzene rings is 1. The summed E-state index contributed by atoms with van der Waals surface area (Å²) in [6.07, 6.45) is 0. The average Bonchev–Trinajstić information content (AvgIpc) is 2.89. The molecule has 3 rings (SSSR count). The second-order valence-electron chi connectivity index (χ2n) is 5.19. The molecule has 0 spiro atoms. The lowest BCUT2D eigenvalue weighted by molar-refractivity contribution is 0.0361. The van der Waals surface area contributed by atoms with E-state index in [-0.39, 0.29) is 5.97 Å². The van der Waals surface area contributed by atoms with Crippen molar-refractivity contribution in [2.24, 2.45) is 0 Å². The predicted molar refractivity (Wildman–Crippen MR) is 86.0 cm³/mol. The summed E-state index contributed by atoms with van der Waals surface area (Å²) < 4.78 is 12.9.